The van der Waals surface area contributed by atoms with E-state index in [-0.39, 0.29) is 6.61 Å². The van der Waals surface area contributed by atoms with Crippen LogP contribution < -0.4 is 5.32 Å². The maximum Gasteiger partial charge on any atom is 0.328 e. The van der Waals surface area contributed by atoms with Crippen LogP contribution in [0.4, 0.5) is 0 Å². The minimum Gasteiger partial charge on any atom is -0.468 e. The number of carbonyl (C=O) groups excluding carboxylic acids is 1. The van der Waals surface area contributed by atoms with Crippen LogP contribution in [0.15, 0.2) is 0 Å². The van der Waals surface area contributed by atoms with E-state index in [1.165, 1.54) is 7.11 Å². The van der Waals surface area contributed by atoms with Gasteiger partial charge in [-0.1, -0.05) is 0 Å². The van der Waals surface area contributed by atoms with Gasteiger partial charge in [0.05, 0.1) is 13.7 Å². The molecule has 0 aliphatic heterocycles. The number of esters is 1. The second-order valence-electron chi connectivity index (χ2n) is 2.23. The minimum atomic E-state index is -0.964. The quantitative estimate of drug-likeness (QED) is 0.509. The normalized spacial score (nSPS) is 16.0. The molecule has 0 saturated heterocycles. The number of aliphatic hydroxyl groups is 1. The van der Waals surface area contributed by atoms with Gasteiger partial charge in [0.1, 0.15) is 5.54 Å². The van der Waals surface area contributed by atoms with Gasteiger partial charge in [-0.05, 0) is 14.0 Å². The van der Waals surface area contributed by atoms with Crippen molar-refractivity contribution in [3.05, 3.63) is 0 Å². The van der Waals surface area contributed by atoms with Gasteiger partial charge in [0.2, 0.25) is 0 Å². The number of likely N-dealkylation sites (N-methyl/N-ethyl adjacent to an activating group) is 1. The molecular formula is C6H13NO3. The number of rotatable bonds is 3. The van der Waals surface area contributed by atoms with Crippen molar-refractivity contribution >= 4 is 5.97 Å². The van der Waals surface area contributed by atoms with Crippen LogP contribution in [-0.4, -0.2) is 37.4 Å². The standard InChI is InChI=1S/C6H13NO3/c1-6(4-8,7-2)5(9)10-3/h7-8H,4H2,1-3H3. The third-order valence-corrected chi connectivity index (χ3v) is 1.50. The number of hydrogen-bond donors (Lipinski definition) is 2. The maximum atomic E-state index is 10.9. The van der Waals surface area contributed by atoms with Gasteiger partial charge in [0, 0.05) is 0 Å². The largest absolute Gasteiger partial charge is 0.468 e. The van der Waals surface area contributed by atoms with Gasteiger partial charge in [-0.15, -0.1) is 0 Å². The Hall–Kier alpha value is -0.610. The highest BCUT2D eigenvalue weighted by atomic mass is 16.5. The Bertz CT molecular complexity index is 120. The van der Waals surface area contributed by atoms with Gasteiger partial charge in [0.15, 0.2) is 0 Å². The predicted molar refractivity (Wildman–Crippen MR) is 36.6 cm³/mol. The molecule has 1 atom stereocenters. The molecule has 0 rings (SSSR count). The van der Waals surface area contributed by atoms with Gasteiger partial charge in [0.25, 0.3) is 0 Å². The summed E-state index contributed by atoms with van der Waals surface area (Å²) in [6.45, 7) is 1.30. The molecule has 0 saturated carbocycles. The Labute approximate surface area is 60.2 Å². The molecule has 0 aliphatic carbocycles. The summed E-state index contributed by atoms with van der Waals surface area (Å²) in [6.07, 6.45) is 0. The number of carbonyl (C=O) groups is 1. The Morgan fingerprint density at radius 1 is 1.80 bits per heavy atom. The van der Waals surface area contributed by atoms with Gasteiger partial charge in [-0.25, -0.2) is 4.79 Å². The highest BCUT2D eigenvalue weighted by Crippen LogP contribution is 2.02. The summed E-state index contributed by atoms with van der Waals surface area (Å²) in [5.74, 6) is -0.461. The summed E-state index contributed by atoms with van der Waals surface area (Å²) in [7, 11) is 2.88. The average Bonchev–Trinajstić information content (AvgIpc) is 2.01. The molecule has 4 heteroatoms. The zero-order valence-electron chi connectivity index (χ0n) is 6.47. The summed E-state index contributed by atoms with van der Waals surface area (Å²) in [4.78, 5) is 10.9. The number of hydrogen-bond acceptors (Lipinski definition) is 4. The van der Waals surface area contributed by atoms with Crippen molar-refractivity contribution in [2.24, 2.45) is 0 Å². The van der Waals surface area contributed by atoms with E-state index in [2.05, 4.69) is 10.1 Å². The molecular weight excluding hydrogens is 134 g/mol. The third-order valence-electron chi connectivity index (χ3n) is 1.50. The lowest BCUT2D eigenvalue weighted by molar-refractivity contribution is -0.149. The van der Waals surface area contributed by atoms with Gasteiger partial charge in [-0.3, -0.25) is 0 Å². The van der Waals surface area contributed by atoms with E-state index in [9.17, 15) is 4.79 Å². The molecule has 0 aromatic rings. The smallest absolute Gasteiger partial charge is 0.328 e. The summed E-state index contributed by atoms with van der Waals surface area (Å²) in [5, 5.41) is 11.4. The molecule has 0 bridgehead atoms. The number of ether oxygens (including phenoxy) is 1. The van der Waals surface area contributed by atoms with E-state index in [4.69, 9.17) is 5.11 Å². The average molecular weight is 147 g/mol. The second-order valence-corrected chi connectivity index (χ2v) is 2.23. The van der Waals surface area contributed by atoms with E-state index >= 15 is 0 Å². The fourth-order valence-electron chi connectivity index (χ4n) is 0.471. The maximum absolute atomic E-state index is 10.9. The first-order valence-electron chi connectivity index (χ1n) is 2.99. The highest BCUT2D eigenvalue weighted by molar-refractivity contribution is 5.80. The summed E-state index contributed by atoms with van der Waals surface area (Å²) >= 11 is 0. The topological polar surface area (TPSA) is 58.6 Å². The molecule has 4 nitrogen and oxygen atoms in total. The molecule has 0 fully saturated rings. The zero-order valence-corrected chi connectivity index (χ0v) is 6.47. The summed E-state index contributed by atoms with van der Waals surface area (Å²) < 4.78 is 4.44. The fourth-order valence-corrected chi connectivity index (χ4v) is 0.471. The molecule has 0 heterocycles. The van der Waals surface area contributed by atoms with Crippen molar-refractivity contribution in [3.8, 4) is 0 Å². The first kappa shape index (κ1) is 9.39. The monoisotopic (exact) mass is 147 g/mol. The molecule has 1 unspecified atom stereocenters. The van der Waals surface area contributed by atoms with Crippen molar-refractivity contribution in [2.75, 3.05) is 20.8 Å². The van der Waals surface area contributed by atoms with Crippen molar-refractivity contribution in [2.45, 2.75) is 12.5 Å². The molecule has 2 N–H and O–H groups in total. The van der Waals surface area contributed by atoms with E-state index in [1.807, 2.05) is 0 Å². The van der Waals surface area contributed by atoms with Crippen molar-refractivity contribution in [1.82, 2.24) is 5.32 Å². The van der Waals surface area contributed by atoms with E-state index in [0.717, 1.165) is 0 Å². The Morgan fingerprint density at radius 3 is 2.40 bits per heavy atom. The predicted octanol–water partition coefficient (Wildman–Crippen LogP) is -0.870. The van der Waals surface area contributed by atoms with E-state index in [1.54, 1.807) is 14.0 Å². The first-order valence-corrected chi connectivity index (χ1v) is 2.99. The van der Waals surface area contributed by atoms with E-state index < -0.39 is 11.5 Å². The van der Waals surface area contributed by atoms with Crippen molar-refractivity contribution < 1.29 is 14.6 Å². The van der Waals surface area contributed by atoms with Crippen molar-refractivity contribution in [1.29, 1.82) is 0 Å². The van der Waals surface area contributed by atoms with Crippen LogP contribution in [0.1, 0.15) is 6.92 Å². The first-order chi connectivity index (χ1) is 4.60. The lowest BCUT2D eigenvalue weighted by Crippen LogP contribution is -2.51. The zero-order chi connectivity index (χ0) is 8.20. The second kappa shape index (κ2) is 3.53. The summed E-state index contributed by atoms with van der Waals surface area (Å²) in [6, 6.07) is 0. The molecule has 0 aliphatic rings. The van der Waals surface area contributed by atoms with Gasteiger partial charge >= 0.3 is 5.97 Å². The molecule has 0 aromatic carbocycles. The van der Waals surface area contributed by atoms with Crippen LogP contribution in [0.3, 0.4) is 0 Å². The van der Waals surface area contributed by atoms with Gasteiger partial charge in [-0.2, -0.15) is 0 Å². The van der Waals surface area contributed by atoms with Crippen molar-refractivity contribution in [3.63, 3.8) is 0 Å². The van der Waals surface area contributed by atoms with Crippen LogP contribution in [0, 0.1) is 0 Å². The molecule has 60 valence electrons. The molecule has 0 aromatic heterocycles. The summed E-state index contributed by atoms with van der Waals surface area (Å²) in [5.41, 5.74) is -0.964. The number of nitrogens with one attached hydrogen (secondary N) is 1. The van der Waals surface area contributed by atoms with Crippen LogP contribution in [0.25, 0.3) is 0 Å². The minimum absolute atomic E-state index is 0.268. The molecule has 10 heavy (non-hydrogen) atoms. The number of aliphatic hydroxyl groups excluding tert-OH is 1. The lowest BCUT2D eigenvalue weighted by Gasteiger charge is -2.22. The number of methoxy groups -OCH3 is 1. The third kappa shape index (κ3) is 1.68. The van der Waals surface area contributed by atoms with Crippen LogP contribution in [-0.2, 0) is 9.53 Å². The molecule has 0 radical (unpaired) electrons. The SMILES string of the molecule is CNC(C)(CO)C(=O)OC. The molecule has 0 amide bonds. The Kier molecular flexibility index (Phi) is 3.32. The van der Waals surface area contributed by atoms with Crippen LogP contribution in [0.5, 0.6) is 0 Å². The Balaban J connectivity index is 4.17. The van der Waals surface area contributed by atoms with Crippen LogP contribution in [0.2, 0.25) is 0 Å². The lowest BCUT2D eigenvalue weighted by atomic mass is 10.1. The highest BCUT2D eigenvalue weighted by Gasteiger charge is 2.31. The van der Waals surface area contributed by atoms with E-state index in [0.29, 0.717) is 0 Å². The Morgan fingerprint density at radius 2 is 2.30 bits per heavy atom. The van der Waals surface area contributed by atoms with Crippen LogP contribution >= 0.6 is 0 Å². The molecule has 0 spiro atoms. The fraction of sp³-hybridized carbons (Fsp3) is 0.833. The van der Waals surface area contributed by atoms with Gasteiger partial charge < -0.3 is 15.2 Å².